The van der Waals surface area contributed by atoms with Gasteiger partial charge in [0.05, 0.1) is 16.7 Å². The van der Waals surface area contributed by atoms with Crippen LogP contribution >= 0.6 is 0 Å². The number of carbonyl (C=O) groups excluding carboxylic acids is 1. The monoisotopic (exact) mass is 352 g/mol. The third-order valence-electron chi connectivity index (χ3n) is 4.24. The van der Waals surface area contributed by atoms with Gasteiger partial charge >= 0.3 is 0 Å². The molecule has 1 amide bonds. The average molecular weight is 352 g/mol. The normalized spacial score (nSPS) is 12.2. The number of nitrogens with one attached hydrogen (secondary N) is 1. The van der Waals surface area contributed by atoms with Crippen LogP contribution < -0.4 is 5.48 Å². The van der Waals surface area contributed by atoms with E-state index in [1.165, 1.54) is 6.08 Å². The van der Waals surface area contributed by atoms with E-state index in [0.29, 0.717) is 5.41 Å². The van der Waals surface area contributed by atoms with Crippen LogP contribution in [0.3, 0.4) is 0 Å². The maximum absolute atomic E-state index is 11.1. The Morgan fingerprint density at radius 2 is 2.12 bits per heavy atom. The summed E-state index contributed by atoms with van der Waals surface area (Å²) in [6.45, 7) is 7.73. The minimum atomic E-state index is -0.563. The van der Waals surface area contributed by atoms with Gasteiger partial charge in [0.1, 0.15) is 6.33 Å². The van der Waals surface area contributed by atoms with Gasteiger partial charge in [-0.1, -0.05) is 26.8 Å². The fourth-order valence-corrected chi connectivity index (χ4v) is 2.72. The maximum atomic E-state index is 11.1. The first-order valence-corrected chi connectivity index (χ1v) is 8.61. The van der Waals surface area contributed by atoms with Crippen LogP contribution in [0.2, 0.25) is 0 Å². The van der Waals surface area contributed by atoms with Crippen molar-refractivity contribution in [1.29, 1.82) is 0 Å². The van der Waals surface area contributed by atoms with Crippen LogP contribution in [0.1, 0.15) is 32.8 Å². The summed E-state index contributed by atoms with van der Waals surface area (Å²) in [6, 6.07) is 7.89. The SMILES string of the molecule is CC(C)(C)CCn1ccc(-n2cnc3cc(C=CC(=O)NO)ccc32)c1. The Morgan fingerprint density at radius 1 is 1.31 bits per heavy atom. The average Bonchev–Trinajstić information content (AvgIpc) is 3.23. The molecular weight excluding hydrogens is 328 g/mol. The van der Waals surface area contributed by atoms with Gasteiger partial charge in [-0.3, -0.25) is 14.6 Å². The van der Waals surface area contributed by atoms with Gasteiger partial charge in [-0.25, -0.2) is 10.5 Å². The van der Waals surface area contributed by atoms with Gasteiger partial charge in [0.15, 0.2) is 0 Å². The second kappa shape index (κ2) is 7.17. The van der Waals surface area contributed by atoms with E-state index in [-0.39, 0.29) is 0 Å². The zero-order chi connectivity index (χ0) is 18.7. The van der Waals surface area contributed by atoms with Crippen LogP contribution in [-0.2, 0) is 11.3 Å². The molecule has 2 heterocycles. The number of rotatable bonds is 5. The second-order valence-corrected chi connectivity index (χ2v) is 7.59. The number of hydrogen-bond donors (Lipinski definition) is 2. The molecule has 136 valence electrons. The summed E-state index contributed by atoms with van der Waals surface area (Å²) < 4.78 is 4.26. The van der Waals surface area contributed by atoms with Crippen molar-refractivity contribution in [2.75, 3.05) is 0 Å². The fourth-order valence-electron chi connectivity index (χ4n) is 2.72. The third kappa shape index (κ3) is 4.21. The molecule has 0 saturated carbocycles. The highest BCUT2D eigenvalue weighted by molar-refractivity contribution is 5.91. The quantitative estimate of drug-likeness (QED) is 0.417. The molecule has 0 atom stereocenters. The van der Waals surface area contributed by atoms with Gasteiger partial charge < -0.3 is 4.57 Å². The summed E-state index contributed by atoms with van der Waals surface area (Å²) in [6.07, 6.45) is 10.1. The highest BCUT2D eigenvalue weighted by Gasteiger charge is 2.11. The van der Waals surface area contributed by atoms with E-state index < -0.39 is 5.91 Å². The number of nitrogens with zero attached hydrogens (tertiary/aromatic N) is 3. The maximum Gasteiger partial charge on any atom is 0.267 e. The molecule has 0 aliphatic heterocycles. The van der Waals surface area contributed by atoms with E-state index in [2.05, 4.69) is 53.3 Å². The first-order chi connectivity index (χ1) is 12.4. The molecule has 6 heteroatoms. The minimum Gasteiger partial charge on any atom is -0.352 e. The summed E-state index contributed by atoms with van der Waals surface area (Å²) in [5, 5.41) is 8.53. The molecule has 2 aromatic heterocycles. The van der Waals surface area contributed by atoms with Gasteiger partial charge in [0, 0.05) is 25.0 Å². The number of amides is 1. The number of benzene rings is 1. The molecule has 0 unspecified atom stereocenters. The molecule has 3 rings (SSSR count). The van der Waals surface area contributed by atoms with Gasteiger partial charge in [0.25, 0.3) is 5.91 Å². The molecule has 0 aliphatic rings. The predicted octanol–water partition coefficient (Wildman–Crippen LogP) is 3.78. The van der Waals surface area contributed by atoms with Gasteiger partial charge in [-0.15, -0.1) is 0 Å². The number of hydrogen-bond acceptors (Lipinski definition) is 3. The van der Waals surface area contributed by atoms with Crippen LogP contribution in [0, 0.1) is 5.41 Å². The fraction of sp³-hybridized carbons (Fsp3) is 0.300. The summed E-state index contributed by atoms with van der Waals surface area (Å²) in [5.74, 6) is -0.563. The number of carbonyl (C=O) groups is 1. The molecule has 26 heavy (non-hydrogen) atoms. The van der Waals surface area contributed by atoms with E-state index in [1.54, 1.807) is 11.6 Å². The van der Waals surface area contributed by atoms with Crippen molar-refractivity contribution in [3.8, 4) is 5.69 Å². The Balaban J connectivity index is 1.82. The van der Waals surface area contributed by atoms with E-state index in [1.807, 2.05) is 24.5 Å². The largest absolute Gasteiger partial charge is 0.352 e. The van der Waals surface area contributed by atoms with Crippen LogP contribution in [0.4, 0.5) is 0 Å². The Hall–Kier alpha value is -2.86. The molecule has 0 bridgehead atoms. The van der Waals surface area contributed by atoms with Gasteiger partial charge in [0.2, 0.25) is 0 Å². The lowest BCUT2D eigenvalue weighted by molar-refractivity contribution is -0.124. The van der Waals surface area contributed by atoms with Crippen LogP contribution in [0.25, 0.3) is 22.8 Å². The molecule has 1 aromatic carbocycles. The molecule has 3 aromatic rings. The van der Waals surface area contributed by atoms with Crippen molar-refractivity contribution in [2.24, 2.45) is 5.41 Å². The molecule has 0 saturated heterocycles. The summed E-state index contributed by atoms with van der Waals surface area (Å²) in [4.78, 5) is 15.6. The standard InChI is InChI=1S/C20H24N4O2/c1-20(2,3)9-11-23-10-8-16(13-23)24-14-21-17-12-15(4-6-18(17)24)5-7-19(25)22-26/h4-8,10,12-14,26H,9,11H2,1-3H3,(H,22,25). The van der Waals surface area contributed by atoms with E-state index >= 15 is 0 Å². The molecule has 0 aliphatic carbocycles. The van der Waals surface area contributed by atoms with Crippen LogP contribution in [0.15, 0.2) is 49.1 Å². The van der Waals surface area contributed by atoms with Crippen molar-refractivity contribution < 1.29 is 10.0 Å². The zero-order valence-corrected chi connectivity index (χ0v) is 15.3. The van der Waals surface area contributed by atoms with Crippen molar-refractivity contribution in [3.63, 3.8) is 0 Å². The van der Waals surface area contributed by atoms with Crippen LogP contribution in [-0.4, -0.2) is 25.2 Å². The first kappa shape index (κ1) is 17.9. The molecule has 0 fully saturated rings. The highest BCUT2D eigenvalue weighted by atomic mass is 16.5. The van der Waals surface area contributed by atoms with E-state index in [9.17, 15) is 4.79 Å². The number of aryl methyl sites for hydroxylation is 1. The summed E-state index contributed by atoms with van der Waals surface area (Å²) >= 11 is 0. The smallest absolute Gasteiger partial charge is 0.267 e. The van der Waals surface area contributed by atoms with Crippen molar-refractivity contribution in [1.82, 2.24) is 19.6 Å². The number of fused-ring (bicyclic) bond motifs is 1. The number of aromatic nitrogens is 3. The molecule has 0 radical (unpaired) electrons. The lowest BCUT2D eigenvalue weighted by Gasteiger charge is -2.18. The van der Waals surface area contributed by atoms with Gasteiger partial charge in [-0.2, -0.15) is 0 Å². The number of hydroxylamine groups is 1. The van der Waals surface area contributed by atoms with Crippen LogP contribution in [0.5, 0.6) is 0 Å². The first-order valence-electron chi connectivity index (χ1n) is 8.61. The topological polar surface area (TPSA) is 72.1 Å². The van der Waals surface area contributed by atoms with Crippen molar-refractivity contribution in [2.45, 2.75) is 33.7 Å². The van der Waals surface area contributed by atoms with Crippen molar-refractivity contribution in [3.05, 3.63) is 54.6 Å². The molecule has 0 spiro atoms. The highest BCUT2D eigenvalue weighted by Crippen LogP contribution is 2.22. The Labute approximate surface area is 152 Å². The Bertz CT molecular complexity index is 944. The third-order valence-corrected chi connectivity index (χ3v) is 4.24. The lowest BCUT2D eigenvalue weighted by Crippen LogP contribution is -2.14. The molecule has 2 N–H and O–H groups in total. The summed E-state index contributed by atoms with van der Waals surface area (Å²) in [5.41, 5.74) is 5.64. The Kier molecular flexibility index (Phi) is 4.95. The number of imidazole rings is 1. The predicted molar refractivity (Wildman–Crippen MR) is 102 cm³/mol. The minimum absolute atomic E-state index is 0.309. The Morgan fingerprint density at radius 3 is 2.85 bits per heavy atom. The molecular formula is C20H24N4O2. The van der Waals surface area contributed by atoms with E-state index in [0.717, 1.165) is 35.2 Å². The zero-order valence-electron chi connectivity index (χ0n) is 15.3. The van der Waals surface area contributed by atoms with Gasteiger partial charge in [-0.05, 0) is 41.7 Å². The molecule has 6 nitrogen and oxygen atoms in total. The summed E-state index contributed by atoms with van der Waals surface area (Å²) in [7, 11) is 0. The lowest BCUT2D eigenvalue weighted by atomic mass is 9.92. The van der Waals surface area contributed by atoms with E-state index in [4.69, 9.17) is 5.21 Å². The van der Waals surface area contributed by atoms with Crippen molar-refractivity contribution >= 4 is 23.0 Å². The second-order valence-electron chi connectivity index (χ2n) is 7.59.